The number of halogens is 3. The van der Waals surface area contributed by atoms with Crippen molar-refractivity contribution in [3.05, 3.63) is 78.4 Å². The Kier molecular flexibility index (Phi) is 8.90. The fourth-order valence-electron chi connectivity index (χ4n) is 4.48. The van der Waals surface area contributed by atoms with Gasteiger partial charge in [-0.2, -0.15) is 14.7 Å². The Morgan fingerprint density at radius 3 is 2.43 bits per heavy atom. The van der Waals surface area contributed by atoms with Crippen molar-refractivity contribution >= 4 is 46.2 Å². The summed E-state index contributed by atoms with van der Waals surface area (Å²) in [7, 11) is 0. The molecule has 44 heavy (non-hydrogen) atoms. The van der Waals surface area contributed by atoms with E-state index in [0.717, 1.165) is 5.56 Å². The number of nitrogens with zero attached hydrogens (tertiary/aromatic N) is 5. The molecule has 0 atom stereocenters. The number of amidine groups is 1. The predicted molar refractivity (Wildman–Crippen MR) is 165 cm³/mol. The average molecular weight is 624 g/mol. The van der Waals surface area contributed by atoms with E-state index in [9.17, 15) is 22.8 Å². The number of thioether (sulfide) groups is 1. The molecule has 0 spiro atoms. The average Bonchev–Trinajstić information content (AvgIpc) is 3.56. The highest BCUT2D eigenvalue weighted by molar-refractivity contribution is 8.15. The number of anilines is 3. The molecule has 1 aliphatic heterocycles. The summed E-state index contributed by atoms with van der Waals surface area (Å²) in [5.74, 6) is 0.621. The minimum Gasteiger partial charge on any atom is -0.406 e. The van der Waals surface area contributed by atoms with Crippen LogP contribution in [0.1, 0.15) is 32.3 Å². The number of ether oxygens (including phenoxy) is 1. The van der Waals surface area contributed by atoms with Gasteiger partial charge >= 0.3 is 12.4 Å². The number of aromatic nitrogens is 3. The second-order valence-electron chi connectivity index (χ2n) is 9.88. The molecule has 10 nitrogen and oxygen atoms in total. The molecule has 3 amide bonds. The Morgan fingerprint density at radius 1 is 1.07 bits per heavy atom. The minimum absolute atomic E-state index is 0.145. The van der Waals surface area contributed by atoms with E-state index in [1.54, 1.807) is 24.3 Å². The van der Waals surface area contributed by atoms with E-state index in [1.165, 1.54) is 45.6 Å². The third-order valence-corrected chi connectivity index (χ3v) is 7.34. The van der Waals surface area contributed by atoms with E-state index in [4.69, 9.17) is 0 Å². The molecular formula is C30H28F3N7O3S. The molecule has 14 heteroatoms. The standard InChI is InChI=1S/C30H28F3N7O3S/c1-4-34-27-36-26(38-40(27)21-13-15-22(16-14-21)43-30(31,32)33)19-9-11-20(12-10-19)35-28(42)37-29-39(25(41)17-44-29)24-8-6-5-7-23(24)18(2)3/h5-16,18H,4,17H2,1-3H3,(H,35,42)(H,34,36,38)/b37-29-. The Balaban J connectivity index is 1.32. The number of urea groups is 1. The van der Waals surface area contributed by atoms with Gasteiger partial charge in [-0.15, -0.1) is 18.3 Å². The summed E-state index contributed by atoms with van der Waals surface area (Å²) < 4.78 is 43.0. The lowest BCUT2D eigenvalue weighted by Gasteiger charge is -2.21. The van der Waals surface area contributed by atoms with Crippen LogP contribution in [0, 0.1) is 0 Å². The Morgan fingerprint density at radius 2 is 1.77 bits per heavy atom. The van der Waals surface area contributed by atoms with Crippen molar-refractivity contribution in [2.75, 3.05) is 27.8 Å². The first-order valence-corrected chi connectivity index (χ1v) is 14.6. The molecule has 0 bridgehead atoms. The van der Waals surface area contributed by atoms with Gasteiger partial charge in [0.15, 0.2) is 11.0 Å². The number of hydrogen-bond acceptors (Lipinski definition) is 7. The van der Waals surface area contributed by atoms with E-state index in [-0.39, 0.29) is 23.3 Å². The van der Waals surface area contributed by atoms with E-state index >= 15 is 0 Å². The lowest BCUT2D eigenvalue weighted by Crippen LogP contribution is -2.31. The van der Waals surface area contributed by atoms with Crippen LogP contribution in [0.2, 0.25) is 0 Å². The topological polar surface area (TPSA) is 114 Å². The van der Waals surface area contributed by atoms with E-state index in [0.29, 0.717) is 46.1 Å². The van der Waals surface area contributed by atoms with Gasteiger partial charge in [0.25, 0.3) is 0 Å². The highest BCUT2D eigenvalue weighted by Gasteiger charge is 2.32. The van der Waals surface area contributed by atoms with Gasteiger partial charge in [0.1, 0.15) is 5.75 Å². The van der Waals surface area contributed by atoms with Crippen molar-refractivity contribution in [1.82, 2.24) is 14.8 Å². The van der Waals surface area contributed by atoms with Crippen LogP contribution >= 0.6 is 11.8 Å². The predicted octanol–water partition coefficient (Wildman–Crippen LogP) is 7.06. The van der Waals surface area contributed by atoms with Gasteiger partial charge in [0.2, 0.25) is 11.9 Å². The Labute approximate surface area is 255 Å². The zero-order valence-electron chi connectivity index (χ0n) is 23.9. The molecule has 4 aromatic rings. The Bertz CT molecular complexity index is 1690. The van der Waals surface area contributed by atoms with Crippen LogP contribution in [0.3, 0.4) is 0 Å². The number of carbonyl (C=O) groups is 2. The number of alkyl halides is 3. The molecule has 1 aliphatic rings. The van der Waals surface area contributed by atoms with Gasteiger partial charge in [0.05, 0.1) is 17.1 Å². The highest BCUT2D eigenvalue weighted by atomic mass is 32.2. The van der Waals surface area contributed by atoms with Crippen molar-refractivity contribution in [2.24, 2.45) is 4.99 Å². The molecule has 2 N–H and O–H groups in total. The second-order valence-corrected chi connectivity index (χ2v) is 10.8. The summed E-state index contributed by atoms with van der Waals surface area (Å²) in [6.45, 7) is 6.48. The molecule has 1 aromatic heterocycles. The van der Waals surface area contributed by atoms with Crippen LogP contribution in [0.15, 0.2) is 77.8 Å². The van der Waals surface area contributed by atoms with Gasteiger partial charge in [0, 0.05) is 17.8 Å². The highest BCUT2D eigenvalue weighted by Crippen LogP contribution is 2.33. The van der Waals surface area contributed by atoms with Crippen LogP contribution in [-0.4, -0.2) is 50.5 Å². The Hall–Kier alpha value is -4.85. The monoisotopic (exact) mass is 623 g/mol. The van der Waals surface area contributed by atoms with E-state index in [1.807, 2.05) is 45.0 Å². The van der Waals surface area contributed by atoms with Crippen LogP contribution in [-0.2, 0) is 4.79 Å². The second kappa shape index (κ2) is 12.8. The maximum atomic E-state index is 12.8. The third kappa shape index (κ3) is 7.02. The summed E-state index contributed by atoms with van der Waals surface area (Å²) in [4.78, 5) is 35.8. The molecule has 0 saturated carbocycles. The quantitative estimate of drug-likeness (QED) is 0.216. The maximum Gasteiger partial charge on any atom is 0.573 e. The van der Waals surface area contributed by atoms with Crippen molar-refractivity contribution in [2.45, 2.75) is 33.1 Å². The van der Waals surface area contributed by atoms with Gasteiger partial charge in [-0.25, -0.2) is 4.79 Å². The molecule has 2 heterocycles. The maximum absolute atomic E-state index is 12.8. The molecule has 5 rings (SSSR count). The molecule has 0 aliphatic carbocycles. The fraction of sp³-hybridized carbons (Fsp3) is 0.233. The number of benzene rings is 3. The smallest absolute Gasteiger partial charge is 0.406 e. The SMILES string of the molecule is CCNc1nc(-c2ccc(NC(=O)/N=C3\SCC(=O)N3c3ccccc3C(C)C)cc2)nn1-c1ccc(OC(F)(F)F)cc1. The van der Waals surface area contributed by atoms with Gasteiger partial charge in [-0.3, -0.25) is 9.69 Å². The number of para-hydroxylation sites is 1. The number of nitrogens with one attached hydrogen (secondary N) is 2. The summed E-state index contributed by atoms with van der Waals surface area (Å²) in [6.07, 6.45) is -4.79. The summed E-state index contributed by atoms with van der Waals surface area (Å²) in [5.41, 5.74) is 3.28. The van der Waals surface area contributed by atoms with E-state index in [2.05, 4.69) is 30.4 Å². The van der Waals surface area contributed by atoms with Crippen LogP contribution in [0.5, 0.6) is 5.75 Å². The largest absolute Gasteiger partial charge is 0.573 e. The summed E-state index contributed by atoms with van der Waals surface area (Å²) >= 11 is 1.21. The molecule has 0 unspecified atom stereocenters. The van der Waals surface area contributed by atoms with Crippen molar-refractivity contribution in [1.29, 1.82) is 0 Å². The molecule has 1 saturated heterocycles. The van der Waals surface area contributed by atoms with Crippen LogP contribution < -0.4 is 20.3 Å². The molecule has 1 fully saturated rings. The van der Waals surface area contributed by atoms with Gasteiger partial charge in [-0.1, -0.05) is 43.8 Å². The first kappa shape index (κ1) is 30.6. The normalized spacial score (nSPS) is 14.4. The molecule has 228 valence electrons. The molecule has 0 radical (unpaired) electrons. The first-order chi connectivity index (χ1) is 21.0. The van der Waals surface area contributed by atoms with E-state index < -0.39 is 12.4 Å². The van der Waals surface area contributed by atoms with Gasteiger partial charge in [-0.05, 0) is 73.0 Å². The van der Waals surface area contributed by atoms with Crippen molar-refractivity contribution in [3.63, 3.8) is 0 Å². The number of amides is 3. The van der Waals surface area contributed by atoms with Crippen LogP contribution in [0.25, 0.3) is 17.1 Å². The number of hydrogen-bond donors (Lipinski definition) is 2. The molecular weight excluding hydrogens is 595 g/mol. The minimum atomic E-state index is -4.79. The third-order valence-electron chi connectivity index (χ3n) is 6.41. The van der Waals surface area contributed by atoms with Crippen LogP contribution in [0.4, 0.5) is 35.3 Å². The first-order valence-electron chi connectivity index (χ1n) is 13.6. The number of carbonyl (C=O) groups excluding carboxylic acids is 2. The lowest BCUT2D eigenvalue weighted by molar-refractivity contribution is -0.274. The summed E-state index contributed by atoms with van der Waals surface area (Å²) in [5, 5.41) is 10.7. The summed E-state index contributed by atoms with van der Waals surface area (Å²) in [6, 6.07) is 19.0. The van der Waals surface area contributed by atoms with Gasteiger partial charge < -0.3 is 15.4 Å². The lowest BCUT2D eigenvalue weighted by atomic mass is 10.0. The number of aliphatic imine (C=N–C) groups is 1. The zero-order valence-corrected chi connectivity index (χ0v) is 24.7. The number of rotatable bonds is 8. The fourth-order valence-corrected chi connectivity index (χ4v) is 5.34. The van der Waals surface area contributed by atoms with Crippen molar-refractivity contribution < 1.29 is 27.5 Å². The van der Waals surface area contributed by atoms with Crippen molar-refractivity contribution in [3.8, 4) is 22.8 Å². The zero-order chi connectivity index (χ0) is 31.4. The molecule has 3 aromatic carbocycles.